The van der Waals surface area contributed by atoms with Crippen LogP contribution in [0.3, 0.4) is 0 Å². The van der Waals surface area contributed by atoms with Gasteiger partial charge in [-0.15, -0.1) is 5.10 Å². The largest absolute Gasteiger partial charge is 0.493 e. The molecule has 208 valence electrons. The number of esters is 1. The molecular weight excluding hydrogens is 526 g/mol. The zero-order valence-corrected chi connectivity index (χ0v) is 22.7. The first-order chi connectivity index (χ1) is 20.0. The van der Waals surface area contributed by atoms with Crippen molar-refractivity contribution in [3.63, 3.8) is 0 Å². The average Bonchev–Trinajstić information content (AvgIpc) is 3.62. The summed E-state index contributed by atoms with van der Waals surface area (Å²) in [5.41, 5.74) is 3.41. The van der Waals surface area contributed by atoms with E-state index in [1.807, 2.05) is 36.4 Å². The summed E-state index contributed by atoms with van der Waals surface area (Å²) in [4.78, 5) is 28.3. The number of aldehydes is 1. The Morgan fingerprint density at radius 2 is 1.73 bits per heavy atom. The molecule has 3 aromatic carbocycles. The molecule has 0 unspecified atom stereocenters. The maximum Gasteiger partial charge on any atom is 0.338 e. The number of oxazole rings is 1. The lowest BCUT2D eigenvalue weighted by Gasteiger charge is -2.12. The number of carbonyl (C=O) groups is 2. The standard InChI is InChI=1S/C31H27N3O7/c1-20-26(32-30(41-20)24-11-7-8-12-25(24)31(36)38-3)19-39-27-14-13-21(15-28(27)37-2)18-40-29-22(17-35)16-34(33-29)23-9-5-4-6-10-23/h4-17H,18-19H2,1-3H3. The Morgan fingerprint density at radius 3 is 2.49 bits per heavy atom. The number of nitrogens with zero attached hydrogens (tertiary/aromatic N) is 3. The Morgan fingerprint density at radius 1 is 0.951 bits per heavy atom. The van der Waals surface area contributed by atoms with Crippen molar-refractivity contribution >= 4 is 12.3 Å². The van der Waals surface area contributed by atoms with E-state index in [1.165, 1.54) is 7.11 Å². The topological polar surface area (TPSA) is 115 Å². The van der Waals surface area contributed by atoms with Crippen LogP contribution in [0.15, 0.2) is 83.4 Å². The quantitative estimate of drug-likeness (QED) is 0.152. The second-order valence-corrected chi connectivity index (χ2v) is 8.91. The first-order valence-corrected chi connectivity index (χ1v) is 12.7. The minimum atomic E-state index is -0.477. The molecule has 0 saturated carbocycles. The van der Waals surface area contributed by atoms with Gasteiger partial charge in [0.1, 0.15) is 24.7 Å². The van der Waals surface area contributed by atoms with E-state index in [9.17, 15) is 9.59 Å². The second-order valence-electron chi connectivity index (χ2n) is 8.91. The number of hydrogen-bond acceptors (Lipinski definition) is 9. The van der Waals surface area contributed by atoms with Crippen molar-refractivity contribution in [3.8, 4) is 34.5 Å². The summed E-state index contributed by atoms with van der Waals surface area (Å²) in [7, 11) is 2.87. The van der Waals surface area contributed by atoms with Gasteiger partial charge in [-0.1, -0.05) is 36.4 Å². The molecule has 0 saturated heterocycles. The van der Waals surface area contributed by atoms with E-state index in [0.29, 0.717) is 51.8 Å². The van der Waals surface area contributed by atoms with Gasteiger partial charge in [-0.25, -0.2) is 14.5 Å². The van der Waals surface area contributed by atoms with E-state index in [2.05, 4.69) is 10.1 Å². The SMILES string of the molecule is COC(=O)c1ccccc1-c1nc(COc2ccc(COc3nn(-c4ccccc4)cc3C=O)cc2OC)c(C)o1. The van der Waals surface area contributed by atoms with Gasteiger partial charge in [-0.3, -0.25) is 4.79 Å². The van der Waals surface area contributed by atoms with E-state index < -0.39 is 5.97 Å². The van der Waals surface area contributed by atoms with Gasteiger partial charge < -0.3 is 23.4 Å². The van der Waals surface area contributed by atoms with Gasteiger partial charge in [0, 0.05) is 6.20 Å². The van der Waals surface area contributed by atoms with Crippen LogP contribution in [-0.4, -0.2) is 41.2 Å². The molecule has 0 radical (unpaired) electrons. The second kappa shape index (κ2) is 12.2. The summed E-state index contributed by atoms with van der Waals surface area (Å²) >= 11 is 0. The number of methoxy groups -OCH3 is 2. The Balaban J connectivity index is 1.27. The predicted octanol–water partition coefficient (Wildman–Crippen LogP) is 5.60. The molecule has 2 aromatic heterocycles. The van der Waals surface area contributed by atoms with Gasteiger partial charge in [0.2, 0.25) is 11.8 Å². The predicted molar refractivity (Wildman–Crippen MR) is 149 cm³/mol. The lowest BCUT2D eigenvalue weighted by Crippen LogP contribution is -2.04. The molecule has 0 spiro atoms. The smallest absolute Gasteiger partial charge is 0.338 e. The maximum absolute atomic E-state index is 12.2. The van der Waals surface area contributed by atoms with Crippen LogP contribution >= 0.6 is 0 Å². The molecule has 10 nitrogen and oxygen atoms in total. The third-order valence-electron chi connectivity index (χ3n) is 6.28. The summed E-state index contributed by atoms with van der Waals surface area (Å²) < 4.78 is 29.7. The highest BCUT2D eigenvalue weighted by molar-refractivity contribution is 5.96. The summed E-state index contributed by atoms with van der Waals surface area (Å²) in [5, 5.41) is 4.41. The van der Waals surface area contributed by atoms with Crippen LogP contribution in [0.2, 0.25) is 0 Å². The maximum atomic E-state index is 12.2. The Labute approximate surface area is 236 Å². The number of aryl methyl sites for hydroxylation is 1. The van der Waals surface area contributed by atoms with Crippen LogP contribution < -0.4 is 14.2 Å². The van der Waals surface area contributed by atoms with Crippen LogP contribution in [-0.2, 0) is 18.0 Å². The number of rotatable bonds is 11. The van der Waals surface area contributed by atoms with Crippen molar-refractivity contribution < 1.29 is 33.0 Å². The van der Waals surface area contributed by atoms with E-state index in [-0.39, 0.29) is 19.1 Å². The summed E-state index contributed by atoms with van der Waals surface area (Å²) in [6.45, 7) is 2.05. The number of para-hydroxylation sites is 1. The Bertz CT molecular complexity index is 1670. The molecule has 0 amide bonds. The third kappa shape index (κ3) is 5.96. The average molecular weight is 554 g/mol. The molecule has 0 aliphatic carbocycles. The lowest BCUT2D eigenvalue weighted by molar-refractivity contribution is 0.0601. The van der Waals surface area contributed by atoms with Crippen molar-refractivity contribution in [2.24, 2.45) is 0 Å². The summed E-state index contributed by atoms with van der Waals surface area (Å²) in [6, 6.07) is 21.8. The third-order valence-corrected chi connectivity index (χ3v) is 6.28. The molecule has 0 aliphatic rings. The van der Waals surface area contributed by atoms with Crippen molar-refractivity contribution in [1.29, 1.82) is 0 Å². The zero-order valence-electron chi connectivity index (χ0n) is 22.7. The lowest BCUT2D eigenvalue weighted by atomic mass is 10.1. The normalized spacial score (nSPS) is 10.7. The minimum Gasteiger partial charge on any atom is -0.493 e. The zero-order chi connectivity index (χ0) is 28.8. The Hall–Kier alpha value is -5.38. The van der Waals surface area contributed by atoms with Crippen molar-refractivity contribution in [3.05, 3.63) is 107 Å². The minimum absolute atomic E-state index is 0.113. The van der Waals surface area contributed by atoms with Gasteiger partial charge in [0.25, 0.3) is 0 Å². The molecule has 41 heavy (non-hydrogen) atoms. The molecule has 0 fully saturated rings. The van der Waals surface area contributed by atoms with E-state index >= 15 is 0 Å². The van der Waals surface area contributed by atoms with Gasteiger partial charge in [-0.05, 0) is 48.9 Å². The first kappa shape index (κ1) is 27.2. The van der Waals surface area contributed by atoms with Crippen molar-refractivity contribution in [2.75, 3.05) is 14.2 Å². The van der Waals surface area contributed by atoms with Gasteiger partial charge >= 0.3 is 5.97 Å². The fourth-order valence-corrected chi connectivity index (χ4v) is 4.13. The van der Waals surface area contributed by atoms with E-state index in [1.54, 1.807) is 61.3 Å². The number of hydrogen-bond donors (Lipinski definition) is 0. The summed E-state index contributed by atoms with van der Waals surface area (Å²) in [6.07, 6.45) is 2.34. The molecule has 2 heterocycles. The molecule has 10 heteroatoms. The molecule has 0 atom stereocenters. The highest BCUT2D eigenvalue weighted by atomic mass is 16.5. The molecule has 5 rings (SSSR count). The van der Waals surface area contributed by atoms with Crippen LogP contribution in [0.5, 0.6) is 17.4 Å². The van der Waals surface area contributed by atoms with Crippen molar-refractivity contribution in [1.82, 2.24) is 14.8 Å². The monoisotopic (exact) mass is 553 g/mol. The number of aromatic nitrogens is 3. The van der Waals surface area contributed by atoms with Crippen LogP contribution in [0.25, 0.3) is 17.1 Å². The first-order valence-electron chi connectivity index (χ1n) is 12.7. The number of carbonyl (C=O) groups excluding carboxylic acids is 2. The molecule has 0 aliphatic heterocycles. The highest BCUT2D eigenvalue weighted by Crippen LogP contribution is 2.31. The van der Waals surface area contributed by atoms with Gasteiger partial charge in [-0.2, -0.15) is 0 Å². The van der Waals surface area contributed by atoms with E-state index in [4.69, 9.17) is 23.4 Å². The van der Waals surface area contributed by atoms with Crippen LogP contribution in [0, 0.1) is 6.92 Å². The Kier molecular flexibility index (Phi) is 8.10. The molecular formula is C31H27N3O7. The number of benzene rings is 3. The molecule has 0 bridgehead atoms. The molecule has 0 N–H and O–H groups in total. The highest BCUT2D eigenvalue weighted by Gasteiger charge is 2.19. The molecule has 5 aromatic rings. The van der Waals surface area contributed by atoms with E-state index in [0.717, 1.165) is 11.3 Å². The van der Waals surface area contributed by atoms with Gasteiger partial charge in [0.15, 0.2) is 17.8 Å². The van der Waals surface area contributed by atoms with Crippen LogP contribution in [0.1, 0.15) is 37.7 Å². The van der Waals surface area contributed by atoms with Crippen molar-refractivity contribution in [2.45, 2.75) is 20.1 Å². The summed E-state index contributed by atoms with van der Waals surface area (Å²) in [5.74, 6) is 1.60. The van der Waals surface area contributed by atoms with Crippen LogP contribution in [0.4, 0.5) is 0 Å². The fourth-order valence-electron chi connectivity index (χ4n) is 4.13. The van der Waals surface area contributed by atoms with Gasteiger partial charge in [0.05, 0.1) is 36.6 Å². The number of ether oxygens (including phenoxy) is 4. The fraction of sp³-hybridized carbons (Fsp3) is 0.161.